The highest BCUT2D eigenvalue weighted by Crippen LogP contribution is 2.29. The molecule has 1 aliphatic heterocycles. The lowest BCUT2D eigenvalue weighted by atomic mass is 9.95. The van der Waals surface area contributed by atoms with Crippen LogP contribution in [-0.2, 0) is 4.74 Å². The van der Waals surface area contributed by atoms with Crippen LogP contribution in [0.25, 0.3) is 10.8 Å². The molecular formula is C17H22N2O. The van der Waals surface area contributed by atoms with Gasteiger partial charge in [-0.1, -0.05) is 25.1 Å². The van der Waals surface area contributed by atoms with Crippen molar-refractivity contribution >= 4 is 10.8 Å². The van der Waals surface area contributed by atoms with Gasteiger partial charge in [0, 0.05) is 30.4 Å². The summed E-state index contributed by atoms with van der Waals surface area (Å²) in [5.74, 6) is 0. The predicted molar refractivity (Wildman–Crippen MR) is 81.8 cm³/mol. The molecule has 1 saturated heterocycles. The molecule has 0 aliphatic carbocycles. The summed E-state index contributed by atoms with van der Waals surface area (Å²) in [6.45, 7) is 4.05. The van der Waals surface area contributed by atoms with Crippen LogP contribution in [0.5, 0.6) is 0 Å². The van der Waals surface area contributed by atoms with Crippen molar-refractivity contribution in [1.82, 2.24) is 10.3 Å². The van der Waals surface area contributed by atoms with E-state index in [0.29, 0.717) is 12.1 Å². The van der Waals surface area contributed by atoms with Crippen molar-refractivity contribution in [2.45, 2.75) is 38.3 Å². The number of ether oxygens (including phenoxy) is 1. The zero-order valence-corrected chi connectivity index (χ0v) is 12.0. The summed E-state index contributed by atoms with van der Waals surface area (Å²) in [5, 5.41) is 6.12. The van der Waals surface area contributed by atoms with Crippen LogP contribution in [-0.4, -0.2) is 24.2 Å². The smallest absolute Gasteiger partial charge is 0.0594 e. The molecule has 3 rings (SSSR count). The van der Waals surface area contributed by atoms with Crippen LogP contribution >= 0.6 is 0 Å². The van der Waals surface area contributed by atoms with Gasteiger partial charge in [-0.2, -0.15) is 0 Å². The topological polar surface area (TPSA) is 34.1 Å². The number of hydrogen-bond acceptors (Lipinski definition) is 3. The second-order valence-corrected chi connectivity index (χ2v) is 5.43. The number of benzene rings is 1. The van der Waals surface area contributed by atoms with Crippen molar-refractivity contribution in [3.8, 4) is 0 Å². The fourth-order valence-electron chi connectivity index (χ4n) is 3.11. The maximum atomic E-state index is 5.81. The maximum absolute atomic E-state index is 5.81. The van der Waals surface area contributed by atoms with Gasteiger partial charge in [0.2, 0.25) is 0 Å². The minimum Gasteiger partial charge on any atom is -0.378 e. The highest BCUT2D eigenvalue weighted by molar-refractivity contribution is 5.85. The molecule has 0 radical (unpaired) electrons. The van der Waals surface area contributed by atoms with E-state index in [0.717, 1.165) is 19.6 Å². The van der Waals surface area contributed by atoms with Crippen molar-refractivity contribution in [2.24, 2.45) is 0 Å². The Morgan fingerprint density at radius 1 is 1.40 bits per heavy atom. The van der Waals surface area contributed by atoms with E-state index in [4.69, 9.17) is 4.74 Å². The van der Waals surface area contributed by atoms with Gasteiger partial charge in [-0.25, -0.2) is 0 Å². The second-order valence-electron chi connectivity index (χ2n) is 5.43. The molecule has 20 heavy (non-hydrogen) atoms. The number of nitrogens with zero attached hydrogens (tertiary/aromatic N) is 1. The third-order valence-corrected chi connectivity index (χ3v) is 4.06. The van der Waals surface area contributed by atoms with Gasteiger partial charge < -0.3 is 10.1 Å². The van der Waals surface area contributed by atoms with Crippen molar-refractivity contribution in [2.75, 3.05) is 13.2 Å². The van der Waals surface area contributed by atoms with Crippen LogP contribution in [0.3, 0.4) is 0 Å². The summed E-state index contributed by atoms with van der Waals surface area (Å²) in [6, 6.07) is 8.95. The van der Waals surface area contributed by atoms with E-state index < -0.39 is 0 Å². The van der Waals surface area contributed by atoms with Crippen LogP contribution < -0.4 is 5.32 Å². The summed E-state index contributed by atoms with van der Waals surface area (Å²) in [5.41, 5.74) is 1.36. The lowest BCUT2D eigenvalue weighted by Crippen LogP contribution is -2.25. The van der Waals surface area contributed by atoms with Gasteiger partial charge in [-0.3, -0.25) is 4.98 Å². The molecule has 106 valence electrons. The number of pyridine rings is 1. The SMILES string of the molecule is CCNC(CC1CCCO1)c1cccc2cnccc12. The Morgan fingerprint density at radius 3 is 3.15 bits per heavy atom. The minimum absolute atomic E-state index is 0.356. The number of rotatable bonds is 5. The molecule has 2 heterocycles. The highest BCUT2D eigenvalue weighted by atomic mass is 16.5. The second kappa shape index (κ2) is 6.33. The fourth-order valence-corrected chi connectivity index (χ4v) is 3.11. The van der Waals surface area contributed by atoms with Gasteiger partial charge in [-0.15, -0.1) is 0 Å². The quantitative estimate of drug-likeness (QED) is 0.903. The van der Waals surface area contributed by atoms with Crippen molar-refractivity contribution in [3.63, 3.8) is 0 Å². The minimum atomic E-state index is 0.356. The average Bonchev–Trinajstić information content (AvgIpc) is 2.99. The largest absolute Gasteiger partial charge is 0.378 e. The Kier molecular flexibility index (Phi) is 4.28. The molecule has 1 aromatic heterocycles. The van der Waals surface area contributed by atoms with Gasteiger partial charge in [-0.05, 0) is 42.8 Å². The standard InChI is InChI=1S/C17H22N2O/c1-2-19-17(11-14-6-4-10-20-14)16-7-3-5-13-12-18-9-8-15(13)16/h3,5,7-9,12,14,17,19H,2,4,6,10-11H2,1H3. The Hall–Kier alpha value is -1.45. The molecule has 2 aromatic rings. The zero-order chi connectivity index (χ0) is 13.8. The van der Waals surface area contributed by atoms with E-state index in [1.54, 1.807) is 0 Å². The first kappa shape index (κ1) is 13.5. The van der Waals surface area contributed by atoms with Crippen LogP contribution in [0.4, 0.5) is 0 Å². The summed E-state index contributed by atoms with van der Waals surface area (Å²) < 4.78 is 5.81. The molecule has 1 aromatic carbocycles. The molecule has 0 saturated carbocycles. The third kappa shape index (κ3) is 2.84. The van der Waals surface area contributed by atoms with Crippen LogP contribution in [0, 0.1) is 0 Å². The average molecular weight is 270 g/mol. The number of nitrogens with one attached hydrogen (secondary N) is 1. The molecule has 3 nitrogen and oxygen atoms in total. The molecule has 1 aliphatic rings. The molecule has 0 bridgehead atoms. The fraction of sp³-hybridized carbons (Fsp3) is 0.471. The molecule has 0 amide bonds. The number of aromatic nitrogens is 1. The first-order valence-electron chi connectivity index (χ1n) is 7.56. The van der Waals surface area contributed by atoms with Crippen LogP contribution in [0.15, 0.2) is 36.7 Å². The molecule has 2 atom stereocenters. The van der Waals surface area contributed by atoms with Gasteiger partial charge in [0.05, 0.1) is 6.10 Å². The maximum Gasteiger partial charge on any atom is 0.0594 e. The number of hydrogen-bond donors (Lipinski definition) is 1. The Morgan fingerprint density at radius 2 is 2.35 bits per heavy atom. The van der Waals surface area contributed by atoms with Crippen molar-refractivity contribution in [3.05, 3.63) is 42.2 Å². The number of fused-ring (bicyclic) bond motifs is 1. The molecule has 1 fully saturated rings. The third-order valence-electron chi connectivity index (χ3n) is 4.06. The summed E-state index contributed by atoms with van der Waals surface area (Å²) in [7, 11) is 0. The lowest BCUT2D eigenvalue weighted by Gasteiger charge is -2.23. The van der Waals surface area contributed by atoms with E-state index >= 15 is 0 Å². The molecule has 1 N–H and O–H groups in total. The van der Waals surface area contributed by atoms with E-state index in [9.17, 15) is 0 Å². The summed E-state index contributed by atoms with van der Waals surface area (Å²) >= 11 is 0. The van der Waals surface area contributed by atoms with Crippen LogP contribution in [0.2, 0.25) is 0 Å². The molecule has 0 spiro atoms. The Labute approximate surface area is 120 Å². The predicted octanol–water partition coefficient (Wildman–Crippen LogP) is 3.45. The van der Waals surface area contributed by atoms with E-state index in [-0.39, 0.29) is 0 Å². The van der Waals surface area contributed by atoms with Gasteiger partial charge in [0.15, 0.2) is 0 Å². The van der Waals surface area contributed by atoms with Gasteiger partial charge in [0.25, 0.3) is 0 Å². The Bertz CT molecular complexity index is 558. The highest BCUT2D eigenvalue weighted by Gasteiger charge is 2.22. The molecule has 3 heteroatoms. The zero-order valence-electron chi connectivity index (χ0n) is 12.0. The first-order valence-corrected chi connectivity index (χ1v) is 7.56. The Balaban J connectivity index is 1.91. The molecular weight excluding hydrogens is 248 g/mol. The molecule has 2 unspecified atom stereocenters. The van der Waals surface area contributed by atoms with Crippen molar-refractivity contribution in [1.29, 1.82) is 0 Å². The summed E-state index contributed by atoms with van der Waals surface area (Å²) in [4.78, 5) is 4.22. The van der Waals surface area contributed by atoms with Crippen LogP contribution in [0.1, 0.15) is 37.8 Å². The normalized spacial score (nSPS) is 20.4. The monoisotopic (exact) mass is 270 g/mol. The summed E-state index contributed by atoms with van der Waals surface area (Å²) in [6.07, 6.45) is 7.65. The van der Waals surface area contributed by atoms with E-state index in [1.165, 1.54) is 29.2 Å². The van der Waals surface area contributed by atoms with Gasteiger partial charge in [0.1, 0.15) is 0 Å². The van der Waals surface area contributed by atoms with Gasteiger partial charge >= 0.3 is 0 Å². The first-order chi connectivity index (χ1) is 9.88. The van der Waals surface area contributed by atoms with E-state index in [2.05, 4.69) is 41.5 Å². The lowest BCUT2D eigenvalue weighted by molar-refractivity contribution is 0.0949. The van der Waals surface area contributed by atoms with Crippen molar-refractivity contribution < 1.29 is 4.74 Å². The van der Waals surface area contributed by atoms with E-state index in [1.807, 2.05) is 12.4 Å².